The van der Waals surface area contributed by atoms with E-state index in [1.54, 1.807) is 6.20 Å². The van der Waals surface area contributed by atoms with Crippen LogP contribution in [0.25, 0.3) is 0 Å². The number of aliphatic hydroxyl groups is 2. The highest BCUT2D eigenvalue weighted by Gasteiger charge is 2.29. The van der Waals surface area contributed by atoms with Gasteiger partial charge >= 0.3 is 0 Å². The van der Waals surface area contributed by atoms with E-state index in [4.69, 9.17) is 0 Å². The Morgan fingerprint density at radius 3 is 2.38 bits per heavy atom. The fraction of sp³-hybridized carbons (Fsp3) is 0.583. The monoisotopic (exact) mass is 287 g/mol. The number of nitrogens with zero attached hydrogens (tertiary/aromatic N) is 1. The van der Waals surface area contributed by atoms with Gasteiger partial charge in [0.2, 0.25) is 0 Å². The van der Waals surface area contributed by atoms with E-state index in [1.165, 1.54) is 0 Å². The van der Waals surface area contributed by atoms with Crippen molar-refractivity contribution in [1.82, 2.24) is 4.98 Å². The highest BCUT2D eigenvalue weighted by Crippen LogP contribution is 2.23. The maximum Gasteiger partial charge on any atom is 0.0859 e. The Kier molecular flexibility index (Phi) is 4.47. The smallest absolute Gasteiger partial charge is 0.0859 e. The largest absolute Gasteiger partial charge is 0.390 e. The molecule has 1 rings (SSSR count). The second kappa shape index (κ2) is 5.25. The third-order valence-electron chi connectivity index (χ3n) is 2.46. The Labute approximate surface area is 105 Å². The number of halogens is 1. The fourth-order valence-electron chi connectivity index (χ4n) is 1.43. The maximum atomic E-state index is 9.88. The van der Waals surface area contributed by atoms with Crippen molar-refractivity contribution in [3.8, 4) is 0 Å². The predicted octanol–water partition coefficient (Wildman–Crippen LogP) is 2.15. The summed E-state index contributed by atoms with van der Waals surface area (Å²) in [6.07, 6.45) is 0.517. The molecular weight excluding hydrogens is 270 g/mol. The second-order valence-corrected chi connectivity index (χ2v) is 5.97. The topological polar surface area (TPSA) is 53.4 Å². The lowest BCUT2D eigenvalue weighted by molar-refractivity contribution is -0.0437. The molecule has 0 saturated carbocycles. The van der Waals surface area contributed by atoms with Gasteiger partial charge in [-0.25, -0.2) is 0 Å². The average molecular weight is 288 g/mol. The van der Waals surface area contributed by atoms with Crippen LogP contribution >= 0.6 is 15.9 Å². The summed E-state index contributed by atoms with van der Waals surface area (Å²) in [5.41, 5.74) is 0.452. The molecule has 2 N–H and O–H groups in total. The number of rotatable bonds is 3. The van der Waals surface area contributed by atoms with Crippen LogP contribution in [0.4, 0.5) is 0 Å². The summed E-state index contributed by atoms with van der Waals surface area (Å²) >= 11 is 3.30. The lowest BCUT2D eigenvalue weighted by Crippen LogP contribution is -2.39. The van der Waals surface area contributed by atoms with Crippen molar-refractivity contribution < 1.29 is 10.2 Å². The zero-order valence-electron chi connectivity index (χ0n) is 9.81. The van der Waals surface area contributed by atoms with Crippen LogP contribution < -0.4 is 0 Å². The molecule has 0 spiro atoms. The molecule has 0 amide bonds. The van der Waals surface area contributed by atoms with Gasteiger partial charge in [0.25, 0.3) is 0 Å². The third kappa shape index (κ3) is 3.85. The molecule has 1 aromatic heterocycles. The molecule has 4 heteroatoms. The SMILES string of the molecule is CC(C)(C)C(O)C(O)Cc1ccc(Br)cn1. The lowest BCUT2D eigenvalue weighted by atomic mass is 9.84. The van der Waals surface area contributed by atoms with Crippen LogP contribution in [0.15, 0.2) is 22.8 Å². The predicted molar refractivity (Wildman–Crippen MR) is 67.1 cm³/mol. The molecule has 0 fully saturated rings. The molecule has 0 radical (unpaired) electrons. The van der Waals surface area contributed by atoms with Crippen LogP contribution in [-0.4, -0.2) is 27.4 Å². The van der Waals surface area contributed by atoms with Gasteiger partial charge in [-0.15, -0.1) is 0 Å². The molecule has 16 heavy (non-hydrogen) atoms. The van der Waals surface area contributed by atoms with Gasteiger partial charge in [-0.3, -0.25) is 4.98 Å². The van der Waals surface area contributed by atoms with Crippen molar-refractivity contribution in [2.45, 2.75) is 39.4 Å². The Balaban J connectivity index is 2.64. The van der Waals surface area contributed by atoms with Crippen molar-refractivity contribution >= 4 is 15.9 Å². The summed E-state index contributed by atoms with van der Waals surface area (Å²) in [5.74, 6) is 0. The van der Waals surface area contributed by atoms with E-state index in [9.17, 15) is 10.2 Å². The minimum absolute atomic E-state index is 0.325. The minimum Gasteiger partial charge on any atom is -0.390 e. The summed E-state index contributed by atoms with van der Waals surface area (Å²) in [4.78, 5) is 4.16. The van der Waals surface area contributed by atoms with Crippen LogP contribution in [-0.2, 0) is 6.42 Å². The van der Waals surface area contributed by atoms with Gasteiger partial charge in [-0.1, -0.05) is 20.8 Å². The third-order valence-corrected chi connectivity index (χ3v) is 2.93. The van der Waals surface area contributed by atoms with E-state index in [0.717, 1.165) is 10.2 Å². The van der Waals surface area contributed by atoms with Crippen LogP contribution in [0.5, 0.6) is 0 Å². The first-order valence-corrected chi connectivity index (χ1v) is 6.06. The lowest BCUT2D eigenvalue weighted by Gasteiger charge is -2.29. The molecule has 0 saturated heterocycles. The van der Waals surface area contributed by atoms with Crippen LogP contribution in [0.3, 0.4) is 0 Å². The summed E-state index contributed by atoms with van der Waals surface area (Å²) in [7, 11) is 0. The zero-order chi connectivity index (χ0) is 12.3. The minimum atomic E-state index is -0.784. The Morgan fingerprint density at radius 1 is 1.31 bits per heavy atom. The Hall–Kier alpha value is -0.450. The van der Waals surface area contributed by atoms with Crippen LogP contribution in [0.1, 0.15) is 26.5 Å². The standard InChI is InChI=1S/C12H18BrNO2/c1-12(2,3)11(16)10(15)6-9-5-4-8(13)7-14-9/h4-5,7,10-11,15-16H,6H2,1-3H3. The van der Waals surface area contributed by atoms with Gasteiger partial charge in [0.1, 0.15) is 0 Å². The molecule has 1 aromatic rings. The number of aliphatic hydroxyl groups excluding tert-OH is 2. The second-order valence-electron chi connectivity index (χ2n) is 5.05. The van der Waals surface area contributed by atoms with Crippen molar-refractivity contribution in [2.24, 2.45) is 5.41 Å². The van der Waals surface area contributed by atoms with Crippen molar-refractivity contribution in [1.29, 1.82) is 0 Å². The molecule has 0 bridgehead atoms. The number of hydrogen-bond donors (Lipinski definition) is 2. The summed E-state index contributed by atoms with van der Waals surface area (Å²) in [6, 6.07) is 3.71. The first-order chi connectivity index (χ1) is 7.30. The van der Waals surface area contributed by atoms with Gasteiger partial charge in [0.15, 0.2) is 0 Å². The number of hydrogen-bond acceptors (Lipinski definition) is 3. The van der Waals surface area contributed by atoms with E-state index < -0.39 is 12.2 Å². The molecule has 2 atom stereocenters. The summed E-state index contributed by atoms with van der Waals surface area (Å²) in [5, 5.41) is 19.8. The average Bonchev–Trinajstić information content (AvgIpc) is 2.19. The van der Waals surface area contributed by atoms with Gasteiger partial charge < -0.3 is 10.2 Å². The summed E-state index contributed by atoms with van der Waals surface area (Å²) < 4.78 is 0.905. The van der Waals surface area contributed by atoms with E-state index in [2.05, 4.69) is 20.9 Å². The number of aromatic nitrogens is 1. The molecule has 0 aliphatic rings. The van der Waals surface area contributed by atoms with Gasteiger partial charge in [0, 0.05) is 22.8 Å². The molecule has 0 aliphatic heterocycles. The molecule has 1 heterocycles. The van der Waals surface area contributed by atoms with Crippen molar-refractivity contribution in [3.05, 3.63) is 28.5 Å². The Bertz CT molecular complexity index is 332. The fourth-order valence-corrected chi connectivity index (χ4v) is 1.66. The van der Waals surface area contributed by atoms with E-state index in [0.29, 0.717) is 6.42 Å². The molecule has 2 unspecified atom stereocenters. The van der Waals surface area contributed by atoms with Crippen molar-refractivity contribution in [2.75, 3.05) is 0 Å². The molecule has 3 nitrogen and oxygen atoms in total. The number of pyridine rings is 1. The Morgan fingerprint density at radius 2 is 1.94 bits per heavy atom. The van der Waals surface area contributed by atoms with Gasteiger partial charge in [0.05, 0.1) is 12.2 Å². The van der Waals surface area contributed by atoms with E-state index in [-0.39, 0.29) is 5.41 Å². The molecule has 90 valence electrons. The highest BCUT2D eigenvalue weighted by atomic mass is 79.9. The normalized spacial score (nSPS) is 15.9. The van der Waals surface area contributed by atoms with Crippen LogP contribution in [0.2, 0.25) is 0 Å². The van der Waals surface area contributed by atoms with Gasteiger partial charge in [-0.2, -0.15) is 0 Å². The summed E-state index contributed by atoms with van der Waals surface area (Å²) in [6.45, 7) is 5.70. The van der Waals surface area contributed by atoms with Crippen LogP contribution in [0, 0.1) is 5.41 Å². The quantitative estimate of drug-likeness (QED) is 0.896. The highest BCUT2D eigenvalue weighted by molar-refractivity contribution is 9.10. The van der Waals surface area contributed by atoms with E-state index >= 15 is 0 Å². The van der Waals surface area contributed by atoms with Gasteiger partial charge in [-0.05, 0) is 33.5 Å². The molecule has 0 aromatic carbocycles. The zero-order valence-corrected chi connectivity index (χ0v) is 11.4. The maximum absolute atomic E-state index is 9.88. The first kappa shape index (κ1) is 13.6. The van der Waals surface area contributed by atoms with E-state index in [1.807, 2.05) is 32.9 Å². The molecular formula is C12H18BrNO2. The molecule has 0 aliphatic carbocycles. The first-order valence-electron chi connectivity index (χ1n) is 5.27. The van der Waals surface area contributed by atoms with Crippen molar-refractivity contribution in [3.63, 3.8) is 0 Å².